The SMILES string of the molecule is CC(Cc1ccccc1)NCCN(c1ccccc1)c1ccccc1. The summed E-state index contributed by atoms with van der Waals surface area (Å²) in [6.45, 7) is 4.13. The second kappa shape index (κ2) is 9.05. The second-order valence-corrected chi connectivity index (χ2v) is 6.37. The molecule has 0 aliphatic heterocycles. The van der Waals surface area contributed by atoms with Gasteiger partial charge in [-0.3, -0.25) is 0 Å². The van der Waals surface area contributed by atoms with Crippen LogP contribution in [0.2, 0.25) is 0 Å². The molecule has 0 aromatic heterocycles. The number of anilines is 2. The van der Waals surface area contributed by atoms with E-state index in [1.54, 1.807) is 0 Å². The molecule has 3 rings (SSSR count). The van der Waals surface area contributed by atoms with Gasteiger partial charge < -0.3 is 10.2 Å². The molecule has 2 nitrogen and oxygen atoms in total. The predicted molar refractivity (Wildman–Crippen MR) is 108 cm³/mol. The topological polar surface area (TPSA) is 15.3 Å². The Hall–Kier alpha value is -2.58. The maximum absolute atomic E-state index is 3.66. The van der Waals surface area contributed by atoms with Gasteiger partial charge in [0.25, 0.3) is 0 Å². The second-order valence-electron chi connectivity index (χ2n) is 6.37. The van der Waals surface area contributed by atoms with Crippen molar-refractivity contribution in [1.29, 1.82) is 0 Å². The molecule has 0 aliphatic carbocycles. The first kappa shape index (κ1) is 17.2. The summed E-state index contributed by atoms with van der Waals surface area (Å²) in [6.07, 6.45) is 1.05. The van der Waals surface area contributed by atoms with Crippen LogP contribution in [0.3, 0.4) is 0 Å². The maximum atomic E-state index is 3.66. The molecule has 3 aromatic carbocycles. The molecule has 1 N–H and O–H groups in total. The fraction of sp³-hybridized carbons (Fsp3) is 0.217. The third kappa shape index (κ3) is 5.20. The molecule has 2 heteroatoms. The molecule has 25 heavy (non-hydrogen) atoms. The smallest absolute Gasteiger partial charge is 0.0411 e. The van der Waals surface area contributed by atoms with E-state index >= 15 is 0 Å². The first-order chi connectivity index (χ1) is 12.3. The highest BCUT2D eigenvalue weighted by atomic mass is 15.1. The summed E-state index contributed by atoms with van der Waals surface area (Å²) >= 11 is 0. The predicted octanol–water partition coefficient (Wildman–Crippen LogP) is 5.05. The fourth-order valence-corrected chi connectivity index (χ4v) is 3.09. The minimum absolute atomic E-state index is 0.454. The van der Waals surface area contributed by atoms with E-state index < -0.39 is 0 Å². The molecule has 128 valence electrons. The van der Waals surface area contributed by atoms with E-state index in [2.05, 4.69) is 108 Å². The van der Waals surface area contributed by atoms with Crippen LogP contribution in [0.25, 0.3) is 0 Å². The fourth-order valence-electron chi connectivity index (χ4n) is 3.09. The molecule has 3 aromatic rings. The molecular weight excluding hydrogens is 304 g/mol. The van der Waals surface area contributed by atoms with Gasteiger partial charge >= 0.3 is 0 Å². The Morgan fingerprint density at radius 1 is 0.720 bits per heavy atom. The summed E-state index contributed by atoms with van der Waals surface area (Å²) in [5, 5.41) is 3.66. The first-order valence-electron chi connectivity index (χ1n) is 8.98. The standard InChI is InChI=1S/C23H26N2/c1-20(19-21-11-5-2-6-12-21)24-17-18-25(22-13-7-3-8-14-22)23-15-9-4-10-16-23/h2-16,20,24H,17-19H2,1H3. The number of nitrogens with zero attached hydrogens (tertiary/aromatic N) is 1. The lowest BCUT2D eigenvalue weighted by molar-refractivity contribution is 0.551. The summed E-state index contributed by atoms with van der Waals surface area (Å²) in [4.78, 5) is 2.36. The van der Waals surface area contributed by atoms with Gasteiger partial charge in [0.2, 0.25) is 0 Å². The van der Waals surface area contributed by atoms with Crippen molar-refractivity contribution in [3.8, 4) is 0 Å². The Kier molecular flexibility index (Phi) is 6.24. The third-order valence-electron chi connectivity index (χ3n) is 4.35. The minimum atomic E-state index is 0.454. The van der Waals surface area contributed by atoms with Crippen LogP contribution in [0.4, 0.5) is 11.4 Å². The Labute approximate surface area is 151 Å². The zero-order valence-corrected chi connectivity index (χ0v) is 14.8. The largest absolute Gasteiger partial charge is 0.340 e. The lowest BCUT2D eigenvalue weighted by Crippen LogP contribution is -2.35. The van der Waals surface area contributed by atoms with E-state index in [-0.39, 0.29) is 0 Å². The van der Waals surface area contributed by atoms with Crippen molar-refractivity contribution in [2.24, 2.45) is 0 Å². The molecule has 1 unspecified atom stereocenters. The Balaban J connectivity index is 1.60. The van der Waals surface area contributed by atoms with E-state index in [0.29, 0.717) is 6.04 Å². The number of nitrogens with one attached hydrogen (secondary N) is 1. The molecule has 0 fully saturated rings. The highest BCUT2D eigenvalue weighted by Gasteiger charge is 2.09. The normalized spacial score (nSPS) is 11.9. The van der Waals surface area contributed by atoms with Gasteiger partial charge in [-0.05, 0) is 43.2 Å². The highest BCUT2D eigenvalue weighted by molar-refractivity contribution is 5.62. The van der Waals surface area contributed by atoms with E-state index in [0.717, 1.165) is 19.5 Å². The van der Waals surface area contributed by atoms with Gasteiger partial charge in [0.1, 0.15) is 0 Å². The van der Waals surface area contributed by atoms with Crippen LogP contribution < -0.4 is 10.2 Å². The molecule has 0 amide bonds. The van der Waals surface area contributed by atoms with Crippen molar-refractivity contribution < 1.29 is 0 Å². The molecule has 0 heterocycles. The van der Waals surface area contributed by atoms with E-state index in [9.17, 15) is 0 Å². The number of rotatable bonds is 8. The van der Waals surface area contributed by atoms with Crippen molar-refractivity contribution in [3.05, 3.63) is 96.6 Å². The number of para-hydroxylation sites is 2. The molecular formula is C23H26N2. The van der Waals surface area contributed by atoms with Gasteiger partial charge in [-0.2, -0.15) is 0 Å². The van der Waals surface area contributed by atoms with Crippen LogP contribution in [-0.4, -0.2) is 19.1 Å². The molecule has 0 spiro atoms. The zero-order chi connectivity index (χ0) is 17.3. The van der Waals surface area contributed by atoms with Gasteiger partial charge in [0, 0.05) is 30.5 Å². The van der Waals surface area contributed by atoms with Gasteiger partial charge in [0.05, 0.1) is 0 Å². The molecule has 0 radical (unpaired) electrons. The number of benzene rings is 3. The molecule has 1 atom stereocenters. The zero-order valence-electron chi connectivity index (χ0n) is 14.8. The Bertz CT molecular complexity index is 686. The quantitative estimate of drug-likeness (QED) is 0.622. The van der Waals surface area contributed by atoms with Crippen molar-refractivity contribution in [1.82, 2.24) is 5.32 Å². The van der Waals surface area contributed by atoms with Gasteiger partial charge in [-0.25, -0.2) is 0 Å². The highest BCUT2D eigenvalue weighted by Crippen LogP contribution is 2.24. The molecule has 0 aliphatic rings. The van der Waals surface area contributed by atoms with Gasteiger partial charge in [-0.1, -0.05) is 66.7 Å². The first-order valence-corrected chi connectivity index (χ1v) is 8.98. The van der Waals surface area contributed by atoms with E-state index in [1.165, 1.54) is 16.9 Å². The number of hydrogen-bond acceptors (Lipinski definition) is 2. The van der Waals surface area contributed by atoms with Crippen LogP contribution in [0.5, 0.6) is 0 Å². The summed E-state index contributed by atoms with van der Waals surface area (Å²) in [5.74, 6) is 0. The van der Waals surface area contributed by atoms with Crippen LogP contribution in [0, 0.1) is 0 Å². The summed E-state index contributed by atoms with van der Waals surface area (Å²) in [6, 6.07) is 32.3. The van der Waals surface area contributed by atoms with Gasteiger partial charge in [0.15, 0.2) is 0 Å². The Morgan fingerprint density at radius 2 is 1.20 bits per heavy atom. The minimum Gasteiger partial charge on any atom is -0.340 e. The lowest BCUT2D eigenvalue weighted by atomic mass is 10.1. The molecule has 0 saturated heterocycles. The van der Waals surface area contributed by atoms with Gasteiger partial charge in [-0.15, -0.1) is 0 Å². The molecule has 0 saturated carbocycles. The average molecular weight is 330 g/mol. The maximum Gasteiger partial charge on any atom is 0.0411 e. The van der Waals surface area contributed by atoms with Crippen molar-refractivity contribution in [3.63, 3.8) is 0 Å². The average Bonchev–Trinajstić information content (AvgIpc) is 2.67. The van der Waals surface area contributed by atoms with E-state index in [4.69, 9.17) is 0 Å². The monoisotopic (exact) mass is 330 g/mol. The Morgan fingerprint density at radius 3 is 1.72 bits per heavy atom. The molecule has 0 bridgehead atoms. The van der Waals surface area contributed by atoms with Crippen LogP contribution >= 0.6 is 0 Å². The summed E-state index contributed by atoms with van der Waals surface area (Å²) in [5.41, 5.74) is 3.84. The number of hydrogen-bond donors (Lipinski definition) is 1. The summed E-state index contributed by atoms with van der Waals surface area (Å²) < 4.78 is 0. The van der Waals surface area contributed by atoms with Crippen molar-refractivity contribution in [2.75, 3.05) is 18.0 Å². The van der Waals surface area contributed by atoms with Crippen molar-refractivity contribution >= 4 is 11.4 Å². The lowest BCUT2D eigenvalue weighted by Gasteiger charge is -2.26. The van der Waals surface area contributed by atoms with Crippen molar-refractivity contribution in [2.45, 2.75) is 19.4 Å². The third-order valence-corrected chi connectivity index (χ3v) is 4.35. The van der Waals surface area contributed by atoms with E-state index in [1.807, 2.05) is 0 Å². The van der Waals surface area contributed by atoms with Crippen LogP contribution in [0.1, 0.15) is 12.5 Å². The van der Waals surface area contributed by atoms with Crippen LogP contribution in [-0.2, 0) is 6.42 Å². The summed E-state index contributed by atoms with van der Waals surface area (Å²) in [7, 11) is 0. The van der Waals surface area contributed by atoms with Crippen LogP contribution in [0.15, 0.2) is 91.0 Å².